The summed E-state index contributed by atoms with van der Waals surface area (Å²) >= 11 is 0. The molecule has 1 fully saturated rings. The highest BCUT2D eigenvalue weighted by molar-refractivity contribution is 5.88. The fourth-order valence-electron chi connectivity index (χ4n) is 4.16. The highest BCUT2D eigenvalue weighted by atomic mass is 16.2. The molecule has 5 rings (SSSR count). The van der Waals surface area contributed by atoms with Crippen LogP contribution in [0.3, 0.4) is 0 Å². The Hall–Kier alpha value is -3.58. The number of benzene rings is 2. The minimum Gasteiger partial charge on any atom is -0.383 e. The Balaban J connectivity index is 1.22. The normalized spacial score (nSPS) is 14.9. The van der Waals surface area contributed by atoms with E-state index in [-0.39, 0.29) is 5.91 Å². The zero-order chi connectivity index (χ0) is 21.2. The Morgan fingerprint density at radius 3 is 2.61 bits per heavy atom. The predicted molar refractivity (Wildman–Crippen MR) is 121 cm³/mol. The molecule has 0 unspecified atom stereocenters. The quantitative estimate of drug-likeness (QED) is 0.554. The number of aromatic nitrogens is 3. The average molecular weight is 412 g/mol. The van der Waals surface area contributed by atoms with Crippen LogP contribution in [0.1, 0.15) is 11.4 Å². The molecule has 0 saturated carbocycles. The van der Waals surface area contributed by atoms with Gasteiger partial charge in [-0.15, -0.1) is 0 Å². The first-order valence-electron chi connectivity index (χ1n) is 10.5. The SMILES string of the molecule is Nc1nc(CN2CCN(C(=O)Cc3cccc4cccnc34)CC2)nc2ccccc12. The number of para-hydroxylation sites is 2. The number of nitrogens with zero attached hydrogens (tertiary/aromatic N) is 5. The molecular formula is C24H24N6O. The van der Waals surface area contributed by atoms with Crippen molar-refractivity contribution in [1.29, 1.82) is 0 Å². The van der Waals surface area contributed by atoms with Gasteiger partial charge in [-0.05, 0) is 23.8 Å². The van der Waals surface area contributed by atoms with Gasteiger partial charge in [-0.2, -0.15) is 0 Å². The van der Waals surface area contributed by atoms with Crippen molar-refractivity contribution in [3.8, 4) is 0 Å². The summed E-state index contributed by atoms with van der Waals surface area (Å²) in [6.07, 6.45) is 2.15. The van der Waals surface area contributed by atoms with Crippen LogP contribution in [-0.2, 0) is 17.8 Å². The van der Waals surface area contributed by atoms with Crippen LogP contribution >= 0.6 is 0 Å². The Kier molecular flexibility index (Phi) is 5.18. The van der Waals surface area contributed by atoms with Gasteiger partial charge in [0.2, 0.25) is 5.91 Å². The van der Waals surface area contributed by atoms with Gasteiger partial charge in [0.15, 0.2) is 0 Å². The molecule has 0 atom stereocenters. The van der Waals surface area contributed by atoms with Crippen molar-refractivity contribution in [2.24, 2.45) is 0 Å². The van der Waals surface area contributed by atoms with E-state index in [1.807, 2.05) is 59.5 Å². The van der Waals surface area contributed by atoms with Crippen LogP contribution in [0.4, 0.5) is 5.82 Å². The van der Waals surface area contributed by atoms with Gasteiger partial charge in [0.1, 0.15) is 11.6 Å². The van der Waals surface area contributed by atoms with Crippen LogP contribution in [0, 0.1) is 0 Å². The highest BCUT2D eigenvalue weighted by Crippen LogP contribution is 2.19. The van der Waals surface area contributed by atoms with Crippen LogP contribution in [0.15, 0.2) is 60.8 Å². The Bertz CT molecular complexity index is 1240. The lowest BCUT2D eigenvalue weighted by molar-refractivity contribution is -0.132. The maximum Gasteiger partial charge on any atom is 0.227 e. The lowest BCUT2D eigenvalue weighted by Crippen LogP contribution is -2.48. The van der Waals surface area contributed by atoms with Crippen LogP contribution in [0.5, 0.6) is 0 Å². The van der Waals surface area contributed by atoms with E-state index in [1.165, 1.54) is 0 Å². The first-order chi connectivity index (χ1) is 15.2. The lowest BCUT2D eigenvalue weighted by Gasteiger charge is -2.34. The molecule has 0 spiro atoms. The van der Waals surface area contributed by atoms with Crippen molar-refractivity contribution in [2.75, 3.05) is 31.9 Å². The van der Waals surface area contributed by atoms with Gasteiger partial charge in [0, 0.05) is 43.1 Å². The van der Waals surface area contributed by atoms with E-state index in [2.05, 4.69) is 19.9 Å². The van der Waals surface area contributed by atoms with Crippen molar-refractivity contribution < 1.29 is 4.79 Å². The summed E-state index contributed by atoms with van der Waals surface area (Å²) in [5.74, 6) is 1.37. The van der Waals surface area contributed by atoms with E-state index >= 15 is 0 Å². The second-order valence-electron chi connectivity index (χ2n) is 7.87. The molecule has 0 bridgehead atoms. The summed E-state index contributed by atoms with van der Waals surface area (Å²) in [7, 11) is 0. The Labute approximate surface area is 180 Å². The number of hydrogen-bond acceptors (Lipinski definition) is 6. The molecule has 2 aromatic carbocycles. The molecule has 0 radical (unpaired) electrons. The molecule has 31 heavy (non-hydrogen) atoms. The molecule has 1 saturated heterocycles. The summed E-state index contributed by atoms with van der Waals surface area (Å²) in [5.41, 5.74) is 8.86. The summed E-state index contributed by atoms with van der Waals surface area (Å²) < 4.78 is 0. The number of hydrogen-bond donors (Lipinski definition) is 1. The second kappa shape index (κ2) is 8.28. The lowest BCUT2D eigenvalue weighted by atomic mass is 10.1. The number of carbonyl (C=O) groups excluding carboxylic acids is 1. The van der Waals surface area contributed by atoms with E-state index in [0.29, 0.717) is 31.9 Å². The van der Waals surface area contributed by atoms with Crippen molar-refractivity contribution >= 4 is 33.5 Å². The molecule has 0 aliphatic carbocycles. The van der Waals surface area contributed by atoms with Gasteiger partial charge in [0.25, 0.3) is 0 Å². The van der Waals surface area contributed by atoms with E-state index in [1.54, 1.807) is 6.20 Å². The van der Waals surface area contributed by atoms with E-state index in [0.717, 1.165) is 46.3 Å². The third-order valence-corrected chi connectivity index (χ3v) is 5.83. The molecule has 2 aromatic heterocycles. The van der Waals surface area contributed by atoms with Crippen LogP contribution in [0.25, 0.3) is 21.8 Å². The Morgan fingerprint density at radius 2 is 1.74 bits per heavy atom. The molecule has 1 aliphatic heterocycles. The van der Waals surface area contributed by atoms with Crippen molar-refractivity contribution in [1.82, 2.24) is 24.8 Å². The fraction of sp³-hybridized carbons (Fsp3) is 0.250. The fourth-order valence-corrected chi connectivity index (χ4v) is 4.16. The topological polar surface area (TPSA) is 88.2 Å². The van der Waals surface area contributed by atoms with E-state index in [9.17, 15) is 4.79 Å². The minimum absolute atomic E-state index is 0.143. The summed E-state index contributed by atoms with van der Waals surface area (Å²) in [6.45, 7) is 3.59. The zero-order valence-electron chi connectivity index (χ0n) is 17.2. The second-order valence-corrected chi connectivity index (χ2v) is 7.87. The van der Waals surface area contributed by atoms with E-state index < -0.39 is 0 Å². The van der Waals surface area contributed by atoms with Gasteiger partial charge in [0.05, 0.1) is 24.0 Å². The summed E-state index contributed by atoms with van der Waals surface area (Å²) in [5, 5.41) is 1.94. The monoisotopic (exact) mass is 412 g/mol. The van der Waals surface area contributed by atoms with Crippen LogP contribution < -0.4 is 5.73 Å². The summed E-state index contributed by atoms with van der Waals surface area (Å²) in [6, 6.07) is 17.7. The summed E-state index contributed by atoms with van der Waals surface area (Å²) in [4.78, 5) is 30.7. The highest BCUT2D eigenvalue weighted by Gasteiger charge is 2.22. The van der Waals surface area contributed by atoms with Crippen LogP contribution in [0.2, 0.25) is 0 Å². The average Bonchev–Trinajstić information content (AvgIpc) is 2.80. The number of amides is 1. The zero-order valence-corrected chi connectivity index (χ0v) is 17.2. The predicted octanol–water partition coefficient (Wildman–Crippen LogP) is 2.65. The molecule has 3 heterocycles. The molecule has 1 aliphatic rings. The standard InChI is InChI=1S/C24H24N6O/c25-24-19-8-1-2-9-20(19)27-21(28-24)16-29-11-13-30(14-12-29)22(31)15-18-6-3-5-17-7-4-10-26-23(17)18/h1-10H,11-16H2,(H2,25,27,28). The first-order valence-corrected chi connectivity index (χ1v) is 10.5. The number of carbonyl (C=O) groups is 1. The number of anilines is 1. The van der Waals surface area contributed by atoms with Gasteiger partial charge in [-0.3, -0.25) is 14.7 Å². The minimum atomic E-state index is 0.143. The van der Waals surface area contributed by atoms with Crippen LogP contribution in [-0.4, -0.2) is 56.8 Å². The first kappa shape index (κ1) is 19.4. The van der Waals surface area contributed by atoms with Gasteiger partial charge >= 0.3 is 0 Å². The van der Waals surface area contributed by atoms with Gasteiger partial charge in [-0.25, -0.2) is 9.97 Å². The molecule has 4 aromatic rings. The number of fused-ring (bicyclic) bond motifs is 2. The molecule has 2 N–H and O–H groups in total. The maximum atomic E-state index is 12.9. The number of nitrogen functional groups attached to an aromatic ring is 1. The Morgan fingerprint density at radius 1 is 0.935 bits per heavy atom. The van der Waals surface area contributed by atoms with Crippen molar-refractivity contribution in [3.05, 3.63) is 72.2 Å². The maximum absolute atomic E-state index is 12.9. The molecular weight excluding hydrogens is 388 g/mol. The van der Waals surface area contributed by atoms with Crippen molar-refractivity contribution in [3.63, 3.8) is 0 Å². The number of piperazine rings is 1. The van der Waals surface area contributed by atoms with Gasteiger partial charge < -0.3 is 10.6 Å². The number of nitrogens with two attached hydrogens (primary N) is 1. The van der Waals surface area contributed by atoms with E-state index in [4.69, 9.17) is 5.73 Å². The largest absolute Gasteiger partial charge is 0.383 e. The third kappa shape index (κ3) is 4.04. The number of pyridine rings is 1. The number of rotatable bonds is 4. The molecule has 156 valence electrons. The third-order valence-electron chi connectivity index (χ3n) is 5.83. The molecule has 7 nitrogen and oxygen atoms in total. The van der Waals surface area contributed by atoms with Gasteiger partial charge in [-0.1, -0.05) is 36.4 Å². The molecule has 7 heteroatoms. The van der Waals surface area contributed by atoms with Crippen molar-refractivity contribution in [2.45, 2.75) is 13.0 Å². The smallest absolute Gasteiger partial charge is 0.227 e. The molecule has 1 amide bonds.